The average molecular weight is 216 g/mol. The lowest BCUT2D eigenvalue weighted by atomic mass is 9.84. The number of carbonyl (C=O) groups excluding carboxylic acids is 1. The van der Waals surface area contributed by atoms with Crippen molar-refractivity contribution in [3.05, 3.63) is 0 Å². The van der Waals surface area contributed by atoms with Gasteiger partial charge in [-0.3, -0.25) is 0 Å². The Hall–Kier alpha value is -0.380. The summed E-state index contributed by atoms with van der Waals surface area (Å²) >= 11 is 1.89. The minimum atomic E-state index is 0.0489. The van der Waals surface area contributed by atoms with E-state index < -0.39 is 0 Å². The Morgan fingerprint density at radius 1 is 1.57 bits per heavy atom. The molecule has 2 amide bonds. The maximum absolute atomic E-state index is 11.5. The van der Waals surface area contributed by atoms with Gasteiger partial charge in [-0.2, -0.15) is 11.8 Å². The molecular weight excluding hydrogens is 196 g/mol. The van der Waals surface area contributed by atoms with Crippen LogP contribution in [-0.4, -0.2) is 42.1 Å². The van der Waals surface area contributed by atoms with Gasteiger partial charge in [0.2, 0.25) is 0 Å². The van der Waals surface area contributed by atoms with E-state index >= 15 is 0 Å². The van der Waals surface area contributed by atoms with E-state index in [4.69, 9.17) is 0 Å². The first-order chi connectivity index (χ1) is 6.63. The van der Waals surface area contributed by atoms with Crippen molar-refractivity contribution in [1.82, 2.24) is 10.2 Å². The van der Waals surface area contributed by atoms with Crippen LogP contribution in [-0.2, 0) is 0 Å². The molecule has 82 valence electrons. The lowest BCUT2D eigenvalue weighted by Gasteiger charge is -2.40. The van der Waals surface area contributed by atoms with E-state index in [0.29, 0.717) is 4.75 Å². The predicted octanol–water partition coefficient (Wildman–Crippen LogP) is 1.93. The quantitative estimate of drug-likeness (QED) is 0.779. The first-order valence-electron chi connectivity index (χ1n) is 5.17. The molecule has 0 heterocycles. The highest BCUT2D eigenvalue weighted by Crippen LogP contribution is 2.42. The Labute approximate surface area is 90.6 Å². The molecule has 1 aliphatic rings. The van der Waals surface area contributed by atoms with Gasteiger partial charge in [0.25, 0.3) is 0 Å². The van der Waals surface area contributed by atoms with Crippen molar-refractivity contribution in [1.29, 1.82) is 0 Å². The number of carbonyl (C=O) groups is 1. The topological polar surface area (TPSA) is 32.3 Å². The fraction of sp³-hybridized carbons (Fsp3) is 0.900. The molecule has 4 heteroatoms. The number of thioether (sulfide) groups is 1. The maximum Gasteiger partial charge on any atom is 0.317 e. The van der Waals surface area contributed by atoms with E-state index in [0.717, 1.165) is 13.1 Å². The normalized spacial score (nSPS) is 18.5. The molecule has 0 aliphatic heterocycles. The number of nitrogens with zero attached hydrogens (tertiary/aromatic N) is 1. The molecule has 1 N–H and O–H groups in total. The highest BCUT2D eigenvalue weighted by atomic mass is 32.2. The Kier molecular flexibility index (Phi) is 4.11. The summed E-state index contributed by atoms with van der Waals surface area (Å²) < 4.78 is 0.338. The Morgan fingerprint density at radius 3 is 2.57 bits per heavy atom. The second-order valence-electron chi connectivity index (χ2n) is 3.91. The van der Waals surface area contributed by atoms with Crippen LogP contribution in [0.1, 0.15) is 26.2 Å². The van der Waals surface area contributed by atoms with Crippen molar-refractivity contribution in [3.63, 3.8) is 0 Å². The summed E-state index contributed by atoms with van der Waals surface area (Å²) in [5.74, 6) is 0. The summed E-state index contributed by atoms with van der Waals surface area (Å²) in [4.78, 5) is 13.2. The lowest BCUT2D eigenvalue weighted by Crippen LogP contribution is -2.48. The highest BCUT2D eigenvalue weighted by Gasteiger charge is 2.36. The van der Waals surface area contributed by atoms with Crippen LogP contribution in [0.25, 0.3) is 0 Å². The molecule has 0 aromatic rings. The van der Waals surface area contributed by atoms with Crippen molar-refractivity contribution < 1.29 is 4.79 Å². The minimum Gasteiger partial charge on any atom is -0.337 e. The number of amides is 2. The number of nitrogens with one attached hydrogen (secondary N) is 1. The van der Waals surface area contributed by atoms with Gasteiger partial charge in [0, 0.05) is 24.9 Å². The molecule has 0 bridgehead atoms. The molecule has 1 aliphatic carbocycles. The van der Waals surface area contributed by atoms with E-state index in [1.54, 1.807) is 4.90 Å². The largest absolute Gasteiger partial charge is 0.337 e. The molecule has 0 radical (unpaired) electrons. The second-order valence-corrected chi connectivity index (χ2v) is 5.19. The smallest absolute Gasteiger partial charge is 0.317 e. The van der Waals surface area contributed by atoms with Gasteiger partial charge in [-0.15, -0.1) is 0 Å². The van der Waals surface area contributed by atoms with E-state index in [1.807, 2.05) is 25.7 Å². The van der Waals surface area contributed by atoms with E-state index in [2.05, 4.69) is 11.6 Å². The molecule has 1 saturated carbocycles. The number of hydrogen-bond acceptors (Lipinski definition) is 2. The number of hydrogen-bond donors (Lipinski definition) is 1. The number of rotatable bonds is 4. The summed E-state index contributed by atoms with van der Waals surface area (Å²) in [5, 5.41) is 2.99. The lowest BCUT2D eigenvalue weighted by molar-refractivity contribution is 0.207. The molecule has 1 rings (SSSR count). The second kappa shape index (κ2) is 4.91. The van der Waals surface area contributed by atoms with Gasteiger partial charge in [-0.05, 0) is 26.0 Å². The third-order valence-electron chi connectivity index (χ3n) is 3.08. The van der Waals surface area contributed by atoms with Gasteiger partial charge in [-0.25, -0.2) is 4.79 Å². The Bertz CT molecular complexity index is 199. The first kappa shape index (κ1) is 11.7. The zero-order valence-corrected chi connectivity index (χ0v) is 10.1. The summed E-state index contributed by atoms with van der Waals surface area (Å²) in [6.07, 6.45) is 5.92. The van der Waals surface area contributed by atoms with Crippen LogP contribution in [0, 0.1) is 0 Å². The van der Waals surface area contributed by atoms with E-state index in [9.17, 15) is 4.79 Å². The summed E-state index contributed by atoms with van der Waals surface area (Å²) in [6, 6.07) is 0.0489. The van der Waals surface area contributed by atoms with Gasteiger partial charge >= 0.3 is 6.03 Å². The zero-order valence-electron chi connectivity index (χ0n) is 9.30. The summed E-state index contributed by atoms with van der Waals surface area (Å²) in [7, 11) is 1.82. The van der Waals surface area contributed by atoms with Gasteiger partial charge in [-0.1, -0.05) is 6.42 Å². The summed E-state index contributed by atoms with van der Waals surface area (Å²) in [5.41, 5.74) is 0. The van der Waals surface area contributed by atoms with Crippen molar-refractivity contribution in [3.8, 4) is 0 Å². The molecule has 0 aromatic heterocycles. The number of urea groups is 1. The first-order valence-corrected chi connectivity index (χ1v) is 6.40. The van der Waals surface area contributed by atoms with Crippen LogP contribution in [0.4, 0.5) is 4.79 Å². The summed E-state index contributed by atoms with van der Waals surface area (Å²) in [6.45, 7) is 3.56. The molecule has 14 heavy (non-hydrogen) atoms. The van der Waals surface area contributed by atoms with Crippen molar-refractivity contribution in [2.24, 2.45) is 0 Å². The molecule has 1 fully saturated rings. The predicted molar refractivity (Wildman–Crippen MR) is 61.8 cm³/mol. The van der Waals surface area contributed by atoms with Crippen LogP contribution >= 0.6 is 11.8 Å². The third-order valence-corrected chi connectivity index (χ3v) is 4.50. The molecule has 0 spiro atoms. The fourth-order valence-corrected chi connectivity index (χ4v) is 2.45. The molecule has 0 saturated heterocycles. The van der Waals surface area contributed by atoms with Crippen LogP contribution in [0.3, 0.4) is 0 Å². The monoisotopic (exact) mass is 216 g/mol. The molecule has 0 aromatic carbocycles. The minimum absolute atomic E-state index is 0.0489. The van der Waals surface area contributed by atoms with Crippen LogP contribution in [0.2, 0.25) is 0 Å². The maximum atomic E-state index is 11.5. The van der Waals surface area contributed by atoms with Gasteiger partial charge in [0.15, 0.2) is 0 Å². The Morgan fingerprint density at radius 2 is 2.21 bits per heavy atom. The standard InChI is InChI=1S/C10H20N2OS/c1-4-12(2)9(13)11-8-10(14-3)6-5-7-10/h4-8H2,1-3H3,(H,11,13). The highest BCUT2D eigenvalue weighted by molar-refractivity contribution is 8.00. The fourth-order valence-electron chi connectivity index (χ4n) is 1.54. The van der Waals surface area contributed by atoms with Crippen LogP contribution in [0.15, 0.2) is 0 Å². The molecule has 3 nitrogen and oxygen atoms in total. The van der Waals surface area contributed by atoms with E-state index in [1.165, 1.54) is 19.3 Å². The average Bonchev–Trinajstić information content (AvgIpc) is 2.15. The van der Waals surface area contributed by atoms with Crippen LogP contribution < -0.4 is 5.32 Å². The molecule has 0 atom stereocenters. The van der Waals surface area contributed by atoms with Gasteiger partial charge in [0.1, 0.15) is 0 Å². The van der Waals surface area contributed by atoms with Crippen molar-refractivity contribution in [2.75, 3.05) is 26.4 Å². The molecule has 0 unspecified atom stereocenters. The van der Waals surface area contributed by atoms with Crippen molar-refractivity contribution >= 4 is 17.8 Å². The SMILES string of the molecule is CCN(C)C(=O)NCC1(SC)CCC1. The molecular formula is C10H20N2OS. The third kappa shape index (κ3) is 2.56. The van der Waals surface area contributed by atoms with Crippen molar-refractivity contribution in [2.45, 2.75) is 30.9 Å². The van der Waals surface area contributed by atoms with E-state index in [-0.39, 0.29) is 6.03 Å². The zero-order chi connectivity index (χ0) is 10.6. The Balaban J connectivity index is 2.28. The van der Waals surface area contributed by atoms with Crippen LogP contribution in [0.5, 0.6) is 0 Å². The van der Waals surface area contributed by atoms with Gasteiger partial charge < -0.3 is 10.2 Å². The van der Waals surface area contributed by atoms with Gasteiger partial charge in [0.05, 0.1) is 0 Å².